The summed E-state index contributed by atoms with van der Waals surface area (Å²) >= 11 is 0. The fourth-order valence-electron chi connectivity index (χ4n) is 1.46. The number of rotatable bonds is 8. The van der Waals surface area contributed by atoms with Crippen molar-refractivity contribution in [3.63, 3.8) is 0 Å². The number of nitrogens with one attached hydrogen (secondary N) is 1. The minimum absolute atomic E-state index is 0.0740. The van der Waals surface area contributed by atoms with Crippen LogP contribution in [-0.2, 0) is 11.3 Å². The molecule has 1 aromatic heterocycles. The molecule has 1 atom stereocenters. The molecule has 0 bridgehead atoms. The molecule has 5 nitrogen and oxygen atoms in total. The molecule has 1 aromatic rings. The quantitative estimate of drug-likeness (QED) is 0.550. The Morgan fingerprint density at radius 2 is 2.35 bits per heavy atom. The maximum Gasteiger partial charge on any atom is 0.240 e. The van der Waals surface area contributed by atoms with E-state index in [4.69, 9.17) is 15.7 Å². The smallest absolute Gasteiger partial charge is 0.240 e. The van der Waals surface area contributed by atoms with Crippen LogP contribution in [0.4, 0.5) is 0 Å². The highest BCUT2D eigenvalue weighted by Gasteiger charge is 2.17. The van der Waals surface area contributed by atoms with Crippen LogP contribution in [0.15, 0.2) is 4.52 Å². The van der Waals surface area contributed by atoms with Gasteiger partial charge >= 0.3 is 0 Å². The predicted molar refractivity (Wildman–Crippen MR) is 64.1 cm³/mol. The maximum absolute atomic E-state index is 5.57. The molecule has 0 aliphatic carbocycles. The Bertz CT molecular complexity index is 351. The number of hydrogen-bond donors (Lipinski definition) is 1. The second-order valence-corrected chi connectivity index (χ2v) is 3.59. The summed E-state index contributed by atoms with van der Waals surface area (Å²) in [5.74, 6) is 3.64. The molecular formula is C12H19N3O2. The molecule has 0 saturated heterocycles. The highest BCUT2D eigenvalue weighted by Crippen LogP contribution is 2.19. The molecule has 0 saturated carbocycles. The van der Waals surface area contributed by atoms with Gasteiger partial charge in [0.2, 0.25) is 11.7 Å². The van der Waals surface area contributed by atoms with Crippen molar-refractivity contribution in [3.05, 3.63) is 11.7 Å². The topological polar surface area (TPSA) is 60.2 Å². The van der Waals surface area contributed by atoms with Crippen LogP contribution < -0.4 is 5.32 Å². The van der Waals surface area contributed by atoms with Crippen molar-refractivity contribution >= 4 is 0 Å². The van der Waals surface area contributed by atoms with Gasteiger partial charge < -0.3 is 9.26 Å². The van der Waals surface area contributed by atoms with E-state index in [0.29, 0.717) is 31.4 Å². The van der Waals surface area contributed by atoms with E-state index in [9.17, 15) is 0 Å². The van der Waals surface area contributed by atoms with Gasteiger partial charge in [-0.05, 0) is 13.3 Å². The van der Waals surface area contributed by atoms with Crippen LogP contribution in [0.1, 0.15) is 44.5 Å². The van der Waals surface area contributed by atoms with Gasteiger partial charge in [-0.3, -0.25) is 5.32 Å². The molecule has 1 unspecified atom stereocenters. The van der Waals surface area contributed by atoms with Crippen molar-refractivity contribution in [1.29, 1.82) is 0 Å². The van der Waals surface area contributed by atoms with Gasteiger partial charge in [-0.1, -0.05) is 24.4 Å². The lowest BCUT2D eigenvalue weighted by Gasteiger charge is -2.11. The molecule has 0 aliphatic rings. The third-order valence-corrected chi connectivity index (χ3v) is 2.19. The van der Waals surface area contributed by atoms with E-state index in [2.05, 4.69) is 28.3 Å². The van der Waals surface area contributed by atoms with Crippen LogP contribution in [0.5, 0.6) is 0 Å². The van der Waals surface area contributed by atoms with Crippen LogP contribution in [-0.4, -0.2) is 23.3 Å². The van der Waals surface area contributed by atoms with Gasteiger partial charge in [0.25, 0.3) is 0 Å². The molecule has 5 heteroatoms. The molecule has 1 rings (SSSR count). The number of aromatic nitrogens is 2. The van der Waals surface area contributed by atoms with Crippen molar-refractivity contribution in [1.82, 2.24) is 15.5 Å². The highest BCUT2D eigenvalue weighted by atomic mass is 16.5. The van der Waals surface area contributed by atoms with Gasteiger partial charge in [0.1, 0.15) is 6.10 Å². The largest absolute Gasteiger partial charge is 0.370 e. The van der Waals surface area contributed by atoms with E-state index in [1.807, 2.05) is 6.92 Å². The van der Waals surface area contributed by atoms with Crippen molar-refractivity contribution in [3.8, 4) is 12.3 Å². The molecule has 0 spiro atoms. The summed E-state index contributed by atoms with van der Waals surface area (Å²) in [6.07, 6.45) is 6.96. The molecule has 17 heavy (non-hydrogen) atoms. The SMILES string of the molecule is C#CCNCc1nc(C(CCC)OCC)no1. The van der Waals surface area contributed by atoms with Gasteiger partial charge in [0.15, 0.2) is 0 Å². The van der Waals surface area contributed by atoms with E-state index in [1.54, 1.807) is 0 Å². The van der Waals surface area contributed by atoms with E-state index in [0.717, 1.165) is 12.8 Å². The first-order valence-electron chi connectivity index (χ1n) is 5.90. The first kappa shape index (κ1) is 13.7. The fourth-order valence-corrected chi connectivity index (χ4v) is 1.46. The second-order valence-electron chi connectivity index (χ2n) is 3.59. The molecule has 0 fully saturated rings. The Hall–Kier alpha value is -1.38. The Morgan fingerprint density at radius 3 is 3.00 bits per heavy atom. The zero-order valence-electron chi connectivity index (χ0n) is 10.4. The van der Waals surface area contributed by atoms with Gasteiger partial charge in [-0.15, -0.1) is 6.42 Å². The summed E-state index contributed by atoms with van der Waals surface area (Å²) in [6, 6.07) is 0. The predicted octanol–water partition coefficient (Wildman–Crippen LogP) is 1.67. The molecule has 0 aromatic carbocycles. The molecule has 0 radical (unpaired) electrons. The summed E-state index contributed by atoms with van der Waals surface area (Å²) in [6.45, 7) is 5.67. The Kier molecular flexibility index (Phi) is 6.30. The molecule has 0 aliphatic heterocycles. The van der Waals surface area contributed by atoms with Crippen LogP contribution in [0.2, 0.25) is 0 Å². The Balaban J connectivity index is 2.55. The van der Waals surface area contributed by atoms with E-state index in [-0.39, 0.29) is 6.10 Å². The zero-order chi connectivity index (χ0) is 12.5. The monoisotopic (exact) mass is 237 g/mol. The van der Waals surface area contributed by atoms with E-state index < -0.39 is 0 Å². The zero-order valence-corrected chi connectivity index (χ0v) is 10.4. The average molecular weight is 237 g/mol. The summed E-state index contributed by atoms with van der Waals surface area (Å²) in [5.41, 5.74) is 0. The van der Waals surface area contributed by atoms with Crippen LogP contribution >= 0.6 is 0 Å². The van der Waals surface area contributed by atoms with Gasteiger partial charge in [-0.25, -0.2) is 0 Å². The van der Waals surface area contributed by atoms with Crippen molar-refractivity contribution in [2.75, 3.05) is 13.2 Å². The number of terminal acetylenes is 1. The maximum atomic E-state index is 5.57. The summed E-state index contributed by atoms with van der Waals surface area (Å²) < 4.78 is 10.7. The first-order valence-corrected chi connectivity index (χ1v) is 5.90. The summed E-state index contributed by atoms with van der Waals surface area (Å²) in [7, 11) is 0. The molecule has 0 amide bonds. The summed E-state index contributed by atoms with van der Waals surface area (Å²) in [5, 5.41) is 6.92. The third-order valence-electron chi connectivity index (χ3n) is 2.19. The van der Waals surface area contributed by atoms with Crippen molar-refractivity contribution < 1.29 is 9.26 Å². The summed E-state index contributed by atoms with van der Waals surface area (Å²) in [4.78, 5) is 4.29. The van der Waals surface area contributed by atoms with Crippen molar-refractivity contribution in [2.45, 2.75) is 39.3 Å². The van der Waals surface area contributed by atoms with Crippen molar-refractivity contribution in [2.24, 2.45) is 0 Å². The van der Waals surface area contributed by atoms with Crippen LogP contribution in [0, 0.1) is 12.3 Å². The van der Waals surface area contributed by atoms with E-state index in [1.165, 1.54) is 0 Å². The Morgan fingerprint density at radius 1 is 1.53 bits per heavy atom. The molecular weight excluding hydrogens is 218 g/mol. The highest BCUT2D eigenvalue weighted by molar-refractivity contribution is 4.92. The molecule has 1 N–H and O–H groups in total. The first-order chi connectivity index (χ1) is 8.31. The second kappa shape index (κ2) is 7.82. The standard InChI is InChI=1S/C12H19N3O2/c1-4-7-10(16-6-3)12-14-11(17-15-12)9-13-8-5-2/h2,10,13H,4,6-9H2,1,3H3. The normalized spacial score (nSPS) is 12.3. The van der Waals surface area contributed by atoms with E-state index >= 15 is 0 Å². The molecule has 1 heterocycles. The number of ether oxygens (including phenoxy) is 1. The lowest BCUT2D eigenvalue weighted by atomic mass is 10.2. The molecule has 94 valence electrons. The number of hydrogen-bond acceptors (Lipinski definition) is 5. The number of nitrogens with zero attached hydrogens (tertiary/aromatic N) is 2. The van der Waals surface area contributed by atoms with Gasteiger partial charge in [0.05, 0.1) is 13.1 Å². The minimum atomic E-state index is -0.0740. The average Bonchev–Trinajstić information content (AvgIpc) is 2.78. The lowest BCUT2D eigenvalue weighted by molar-refractivity contribution is 0.0477. The van der Waals surface area contributed by atoms with Crippen LogP contribution in [0.3, 0.4) is 0 Å². The van der Waals surface area contributed by atoms with Gasteiger partial charge in [-0.2, -0.15) is 4.98 Å². The van der Waals surface area contributed by atoms with Crippen LogP contribution in [0.25, 0.3) is 0 Å². The fraction of sp³-hybridized carbons (Fsp3) is 0.667. The lowest BCUT2D eigenvalue weighted by Crippen LogP contribution is -2.13. The third kappa shape index (κ3) is 4.55. The van der Waals surface area contributed by atoms with Gasteiger partial charge in [0, 0.05) is 6.61 Å². The Labute approximate surface area is 102 Å². The minimum Gasteiger partial charge on any atom is -0.370 e.